The molecule has 1 saturated carbocycles. The lowest BCUT2D eigenvalue weighted by Gasteiger charge is -2.22. The van der Waals surface area contributed by atoms with Gasteiger partial charge in [-0.2, -0.15) is 0 Å². The van der Waals surface area contributed by atoms with E-state index in [2.05, 4.69) is 10.3 Å². The van der Waals surface area contributed by atoms with E-state index in [4.69, 9.17) is 4.74 Å². The van der Waals surface area contributed by atoms with Crippen molar-refractivity contribution in [1.29, 1.82) is 0 Å². The van der Waals surface area contributed by atoms with Crippen molar-refractivity contribution in [1.82, 2.24) is 4.98 Å². The molecule has 104 valence electrons. The van der Waals surface area contributed by atoms with Crippen molar-refractivity contribution in [2.75, 3.05) is 18.5 Å². The average Bonchev–Trinajstić information content (AvgIpc) is 2.45. The molecule has 19 heavy (non-hydrogen) atoms. The SMILES string of the molecule is O=[N+]([O-])c1cnccc1NCCOC1CCCCC1. The van der Waals surface area contributed by atoms with Gasteiger partial charge in [-0.05, 0) is 18.9 Å². The van der Waals surface area contributed by atoms with Crippen molar-refractivity contribution in [3.05, 3.63) is 28.6 Å². The molecule has 0 bridgehead atoms. The summed E-state index contributed by atoms with van der Waals surface area (Å²) >= 11 is 0. The maximum absolute atomic E-state index is 10.8. The number of pyridine rings is 1. The second-order valence-corrected chi connectivity index (χ2v) is 4.71. The van der Waals surface area contributed by atoms with Crippen LogP contribution in [0.2, 0.25) is 0 Å². The molecule has 0 radical (unpaired) electrons. The normalized spacial score (nSPS) is 16.2. The second-order valence-electron chi connectivity index (χ2n) is 4.71. The Labute approximate surface area is 112 Å². The van der Waals surface area contributed by atoms with Crippen LogP contribution >= 0.6 is 0 Å². The quantitative estimate of drug-likeness (QED) is 0.486. The number of ether oxygens (including phenoxy) is 1. The van der Waals surface area contributed by atoms with E-state index in [0.29, 0.717) is 24.9 Å². The van der Waals surface area contributed by atoms with Crippen LogP contribution in [0, 0.1) is 10.1 Å². The van der Waals surface area contributed by atoms with Crippen molar-refractivity contribution >= 4 is 11.4 Å². The third-order valence-corrected chi connectivity index (χ3v) is 3.32. The molecular formula is C13H19N3O3. The minimum Gasteiger partial charge on any atom is -0.377 e. The van der Waals surface area contributed by atoms with Gasteiger partial charge in [0.15, 0.2) is 0 Å². The number of hydrogen-bond donors (Lipinski definition) is 1. The number of nitrogens with one attached hydrogen (secondary N) is 1. The van der Waals surface area contributed by atoms with E-state index in [-0.39, 0.29) is 5.69 Å². The van der Waals surface area contributed by atoms with Gasteiger partial charge in [0.05, 0.1) is 17.6 Å². The Morgan fingerprint density at radius 1 is 1.42 bits per heavy atom. The van der Waals surface area contributed by atoms with Gasteiger partial charge in [0.25, 0.3) is 0 Å². The number of rotatable bonds is 6. The maximum Gasteiger partial charge on any atom is 0.310 e. The lowest BCUT2D eigenvalue weighted by molar-refractivity contribution is -0.384. The fraction of sp³-hybridized carbons (Fsp3) is 0.615. The molecule has 0 unspecified atom stereocenters. The van der Waals surface area contributed by atoms with Crippen LogP contribution in [0.1, 0.15) is 32.1 Å². The summed E-state index contributed by atoms with van der Waals surface area (Å²) in [6.07, 6.45) is 9.22. The summed E-state index contributed by atoms with van der Waals surface area (Å²) in [5, 5.41) is 13.8. The van der Waals surface area contributed by atoms with Crippen LogP contribution in [0.25, 0.3) is 0 Å². The van der Waals surface area contributed by atoms with Crippen LogP contribution in [-0.2, 0) is 4.74 Å². The van der Waals surface area contributed by atoms with Crippen LogP contribution in [0.5, 0.6) is 0 Å². The largest absolute Gasteiger partial charge is 0.377 e. The molecule has 1 aliphatic rings. The van der Waals surface area contributed by atoms with E-state index in [9.17, 15) is 10.1 Å². The summed E-state index contributed by atoms with van der Waals surface area (Å²) in [4.78, 5) is 14.1. The topological polar surface area (TPSA) is 77.3 Å². The number of hydrogen-bond acceptors (Lipinski definition) is 5. The molecule has 2 rings (SSSR count). The summed E-state index contributed by atoms with van der Waals surface area (Å²) < 4.78 is 5.76. The summed E-state index contributed by atoms with van der Waals surface area (Å²) in [6, 6.07) is 1.61. The van der Waals surface area contributed by atoms with Crippen molar-refractivity contribution < 1.29 is 9.66 Å². The maximum atomic E-state index is 10.8. The Hall–Kier alpha value is -1.69. The predicted octanol–water partition coefficient (Wildman–Crippen LogP) is 2.75. The molecule has 0 amide bonds. The molecule has 1 fully saturated rings. The zero-order valence-corrected chi connectivity index (χ0v) is 10.9. The lowest BCUT2D eigenvalue weighted by Crippen LogP contribution is -2.20. The molecule has 1 aliphatic carbocycles. The molecule has 6 nitrogen and oxygen atoms in total. The first-order valence-corrected chi connectivity index (χ1v) is 6.71. The highest BCUT2D eigenvalue weighted by Crippen LogP contribution is 2.22. The fourth-order valence-electron chi connectivity index (χ4n) is 2.32. The minimum atomic E-state index is -0.433. The Morgan fingerprint density at radius 2 is 2.21 bits per heavy atom. The number of nitro groups is 1. The molecule has 0 aliphatic heterocycles. The first kappa shape index (κ1) is 13.7. The predicted molar refractivity (Wildman–Crippen MR) is 72.2 cm³/mol. The summed E-state index contributed by atoms with van der Waals surface area (Å²) in [7, 11) is 0. The molecule has 1 heterocycles. The van der Waals surface area contributed by atoms with Gasteiger partial charge in [0, 0.05) is 12.7 Å². The Bertz CT molecular complexity index is 419. The van der Waals surface area contributed by atoms with Gasteiger partial charge in [-0.25, -0.2) is 0 Å². The van der Waals surface area contributed by atoms with Crippen LogP contribution in [0.4, 0.5) is 11.4 Å². The molecular weight excluding hydrogens is 246 g/mol. The lowest BCUT2D eigenvalue weighted by atomic mass is 9.98. The molecule has 6 heteroatoms. The van der Waals surface area contributed by atoms with Gasteiger partial charge in [-0.15, -0.1) is 0 Å². The van der Waals surface area contributed by atoms with E-state index < -0.39 is 4.92 Å². The highest BCUT2D eigenvalue weighted by molar-refractivity contribution is 5.59. The van der Waals surface area contributed by atoms with E-state index in [0.717, 1.165) is 12.8 Å². The molecule has 0 atom stereocenters. The third kappa shape index (κ3) is 4.17. The fourth-order valence-corrected chi connectivity index (χ4v) is 2.32. The molecule has 0 spiro atoms. The summed E-state index contributed by atoms with van der Waals surface area (Å²) in [5.41, 5.74) is 0.493. The highest BCUT2D eigenvalue weighted by atomic mass is 16.6. The first-order chi connectivity index (χ1) is 9.27. The Balaban J connectivity index is 1.74. The Morgan fingerprint density at radius 3 is 2.95 bits per heavy atom. The van der Waals surface area contributed by atoms with Crippen LogP contribution in [0.3, 0.4) is 0 Å². The molecule has 0 aromatic carbocycles. The van der Waals surface area contributed by atoms with Crippen LogP contribution < -0.4 is 5.32 Å². The van der Waals surface area contributed by atoms with Crippen molar-refractivity contribution in [2.45, 2.75) is 38.2 Å². The van der Waals surface area contributed by atoms with Gasteiger partial charge in [0.1, 0.15) is 11.9 Å². The van der Waals surface area contributed by atoms with Crippen LogP contribution in [0.15, 0.2) is 18.5 Å². The van der Waals surface area contributed by atoms with Gasteiger partial charge < -0.3 is 10.1 Å². The summed E-state index contributed by atoms with van der Waals surface area (Å²) in [6.45, 7) is 1.14. The third-order valence-electron chi connectivity index (χ3n) is 3.32. The van der Waals surface area contributed by atoms with E-state index in [1.54, 1.807) is 6.07 Å². The first-order valence-electron chi connectivity index (χ1n) is 6.71. The monoisotopic (exact) mass is 265 g/mol. The van der Waals surface area contributed by atoms with Gasteiger partial charge in [-0.3, -0.25) is 15.1 Å². The van der Waals surface area contributed by atoms with Gasteiger partial charge >= 0.3 is 5.69 Å². The standard InChI is InChI=1S/C13H19N3O3/c17-16(18)13-10-14-7-6-12(13)15-8-9-19-11-4-2-1-3-5-11/h6-7,10-11H,1-5,8-9H2,(H,14,15). The number of aromatic nitrogens is 1. The second kappa shape index (κ2) is 7.04. The van der Waals surface area contributed by atoms with E-state index >= 15 is 0 Å². The zero-order chi connectivity index (χ0) is 13.5. The van der Waals surface area contributed by atoms with Gasteiger partial charge in [-0.1, -0.05) is 19.3 Å². The van der Waals surface area contributed by atoms with Crippen molar-refractivity contribution in [3.63, 3.8) is 0 Å². The minimum absolute atomic E-state index is 0.000154. The smallest absolute Gasteiger partial charge is 0.310 e. The average molecular weight is 265 g/mol. The van der Waals surface area contributed by atoms with Crippen LogP contribution in [-0.4, -0.2) is 29.2 Å². The Kier molecular flexibility index (Phi) is 5.09. The molecule has 0 saturated heterocycles. The molecule has 1 aromatic rings. The van der Waals surface area contributed by atoms with E-state index in [1.165, 1.54) is 31.7 Å². The number of anilines is 1. The zero-order valence-electron chi connectivity index (χ0n) is 10.9. The molecule has 1 N–H and O–H groups in total. The highest BCUT2D eigenvalue weighted by Gasteiger charge is 2.14. The van der Waals surface area contributed by atoms with Crippen molar-refractivity contribution in [3.8, 4) is 0 Å². The summed E-state index contributed by atoms with van der Waals surface area (Å²) in [5.74, 6) is 0. The van der Waals surface area contributed by atoms with Gasteiger partial charge in [0.2, 0.25) is 0 Å². The van der Waals surface area contributed by atoms with E-state index in [1.807, 2.05) is 0 Å². The molecule has 1 aromatic heterocycles. The van der Waals surface area contributed by atoms with Crippen molar-refractivity contribution in [2.24, 2.45) is 0 Å². The number of nitrogens with zero attached hydrogens (tertiary/aromatic N) is 2.